The Morgan fingerprint density at radius 2 is 1.90 bits per heavy atom. The van der Waals surface area contributed by atoms with Gasteiger partial charge in [-0.15, -0.1) is 0 Å². The Bertz CT molecular complexity index is 504. The van der Waals surface area contributed by atoms with Gasteiger partial charge in [-0.25, -0.2) is 9.97 Å². The number of nitrogens with one attached hydrogen (secondary N) is 1. The molecule has 2 rings (SSSR count). The van der Waals surface area contributed by atoms with Crippen LogP contribution >= 0.6 is 11.8 Å². The molecular weight excluding hydrogens is 270 g/mol. The maximum atomic E-state index is 10.0. The van der Waals surface area contributed by atoms with Gasteiger partial charge >= 0.3 is 0 Å². The molecule has 0 unspecified atom stereocenters. The van der Waals surface area contributed by atoms with Gasteiger partial charge in [-0.2, -0.15) is 0 Å². The van der Waals surface area contributed by atoms with E-state index < -0.39 is 6.10 Å². The highest BCUT2D eigenvalue weighted by Gasteiger charge is 2.06. The Labute approximate surface area is 123 Å². The van der Waals surface area contributed by atoms with Gasteiger partial charge in [0.05, 0.1) is 6.10 Å². The van der Waals surface area contributed by atoms with Crippen molar-refractivity contribution >= 4 is 11.8 Å². The van der Waals surface area contributed by atoms with Gasteiger partial charge in [-0.3, -0.25) is 0 Å². The summed E-state index contributed by atoms with van der Waals surface area (Å²) in [7, 11) is 0. The van der Waals surface area contributed by atoms with E-state index in [1.54, 1.807) is 11.8 Å². The Morgan fingerprint density at radius 3 is 2.55 bits per heavy atom. The number of aromatic nitrogens is 2. The van der Waals surface area contributed by atoms with E-state index in [2.05, 4.69) is 22.2 Å². The smallest absolute Gasteiger partial charge is 0.187 e. The van der Waals surface area contributed by atoms with Crippen molar-refractivity contribution in [2.75, 3.05) is 12.3 Å². The van der Waals surface area contributed by atoms with Gasteiger partial charge in [0, 0.05) is 31.0 Å². The van der Waals surface area contributed by atoms with Crippen molar-refractivity contribution in [1.82, 2.24) is 15.3 Å². The molecule has 2 N–H and O–H groups in total. The van der Waals surface area contributed by atoms with Gasteiger partial charge in [0.15, 0.2) is 5.16 Å². The fraction of sp³-hybridized carbons (Fsp3) is 0.333. The average Bonchev–Trinajstić information content (AvgIpc) is 2.50. The lowest BCUT2D eigenvalue weighted by atomic mass is 10.1. The molecule has 0 radical (unpaired) electrons. The fourth-order valence-electron chi connectivity index (χ4n) is 1.78. The van der Waals surface area contributed by atoms with Crippen LogP contribution in [0, 0.1) is 0 Å². The summed E-state index contributed by atoms with van der Waals surface area (Å²) in [5, 5.41) is 14.0. The predicted molar refractivity (Wildman–Crippen MR) is 81.5 cm³/mol. The van der Waals surface area contributed by atoms with Crippen LogP contribution in [0.4, 0.5) is 0 Å². The molecule has 0 aliphatic carbocycles. The maximum absolute atomic E-state index is 10.0. The number of thioether (sulfide) groups is 1. The van der Waals surface area contributed by atoms with E-state index in [0.717, 1.165) is 22.0 Å². The fourth-order valence-corrected chi connectivity index (χ4v) is 2.30. The minimum atomic E-state index is -0.493. The van der Waals surface area contributed by atoms with Gasteiger partial charge in [0.2, 0.25) is 0 Å². The number of benzene rings is 1. The Balaban J connectivity index is 1.78. The zero-order valence-electron chi connectivity index (χ0n) is 11.5. The second-order valence-corrected chi connectivity index (χ2v) is 5.60. The summed E-state index contributed by atoms with van der Waals surface area (Å²) >= 11 is 1.63. The molecule has 0 bridgehead atoms. The van der Waals surface area contributed by atoms with Gasteiger partial charge in [-0.05, 0) is 11.3 Å². The molecule has 0 aliphatic rings. The SMILES string of the molecule is CCSc1ncc(CNC[C@@H](O)c2ccccc2)cn1. The standard InChI is InChI=1S/C15H19N3OS/c1-2-20-15-17-9-12(10-18-15)8-16-11-14(19)13-6-4-3-5-7-13/h3-7,9-10,14,16,19H,2,8,11H2,1H3/t14-/m1/s1. The van der Waals surface area contributed by atoms with Crippen molar-refractivity contribution in [3.05, 3.63) is 53.9 Å². The van der Waals surface area contributed by atoms with Crippen molar-refractivity contribution in [3.8, 4) is 0 Å². The summed E-state index contributed by atoms with van der Waals surface area (Å²) in [6, 6.07) is 9.64. The van der Waals surface area contributed by atoms with Gasteiger partial charge in [0.1, 0.15) is 0 Å². The Hall–Kier alpha value is -1.43. The number of nitrogens with zero attached hydrogens (tertiary/aromatic N) is 2. The van der Waals surface area contributed by atoms with Crippen LogP contribution in [0.5, 0.6) is 0 Å². The second kappa shape index (κ2) is 7.99. The Kier molecular flexibility index (Phi) is 5.98. The molecule has 1 heterocycles. The summed E-state index contributed by atoms with van der Waals surface area (Å²) in [6.07, 6.45) is 3.16. The quantitative estimate of drug-likeness (QED) is 0.605. The lowest BCUT2D eigenvalue weighted by Gasteiger charge is -2.12. The molecule has 4 nitrogen and oxygen atoms in total. The highest BCUT2D eigenvalue weighted by molar-refractivity contribution is 7.99. The molecule has 20 heavy (non-hydrogen) atoms. The van der Waals surface area contributed by atoms with Crippen LogP contribution in [0.2, 0.25) is 0 Å². The summed E-state index contributed by atoms with van der Waals surface area (Å²) < 4.78 is 0. The summed E-state index contributed by atoms with van der Waals surface area (Å²) in [5.41, 5.74) is 1.94. The maximum Gasteiger partial charge on any atom is 0.187 e. The van der Waals surface area contributed by atoms with Crippen molar-refractivity contribution in [2.45, 2.75) is 24.7 Å². The first-order chi connectivity index (χ1) is 9.79. The normalized spacial score (nSPS) is 12.3. The summed E-state index contributed by atoms with van der Waals surface area (Å²) in [6.45, 7) is 3.24. The number of rotatable bonds is 7. The van der Waals surface area contributed by atoms with Gasteiger partial charge in [-0.1, -0.05) is 49.0 Å². The third-order valence-electron chi connectivity index (χ3n) is 2.81. The van der Waals surface area contributed by atoms with E-state index in [1.807, 2.05) is 42.7 Å². The van der Waals surface area contributed by atoms with E-state index >= 15 is 0 Å². The molecular formula is C15H19N3OS. The van der Waals surface area contributed by atoms with Crippen LogP contribution in [0.25, 0.3) is 0 Å². The molecule has 0 fully saturated rings. The molecule has 0 aliphatic heterocycles. The van der Waals surface area contributed by atoms with Crippen molar-refractivity contribution in [2.24, 2.45) is 0 Å². The van der Waals surface area contributed by atoms with Crippen molar-refractivity contribution in [3.63, 3.8) is 0 Å². The number of aliphatic hydroxyl groups excluding tert-OH is 1. The van der Waals surface area contributed by atoms with E-state index in [0.29, 0.717) is 13.1 Å². The minimum absolute atomic E-state index is 0.493. The van der Waals surface area contributed by atoms with Crippen molar-refractivity contribution < 1.29 is 5.11 Å². The third kappa shape index (κ3) is 4.59. The molecule has 0 spiro atoms. The van der Waals surface area contributed by atoms with Gasteiger partial charge in [0.25, 0.3) is 0 Å². The summed E-state index contributed by atoms with van der Waals surface area (Å²) in [4.78, 5) is 8.55. The molecule has 5 heteroatoms. The highest BCUT2D eigenvalue weighted by atomic mass is 32.2. The first-order valence-corrected chi connectivity index (χ1v) is 7.65. The zero-order chi connectivity index (χ0) is 14.2. The first kappa shape index (κ1) is 15.0. The topological polar surface area (TPSA) is 58.0 Å². The summed E-state index contributed by atoms with van der Waals surface area (Å²) in [5.74, 6) is 0.973. The molecule has 106 valence electrons. The van der Waals surface area contributed by atoms with Crippen LogP contribution in [-0.2, 0) is 6.54 Å². The lowest BCUT2D eigenvalue weighted by molar-refractivity contribution is 0.174. The van der Waals surface area contributed by atoms with E-state index in [-0.39, 0.29) is 0 Å². The Morgan fingerprint density at radius 1 is 1.20 bits per heavy atom. The van der Waals surface area contributed by atoms with Crippen LogP contribution in [0.3, 0.4) is 0 Å². The first-order valence-electron chi connectivity index (χ1n) is 6.67. The van der Waals surface area contributed by atoms with E-state index in [1.165, 1.54) is 0 Å². The highest BCUT2D eigenvalue weighted by Crippen LogP contribution is 2.12. The van der Waals surface area contributed by atoms with E-state index in [9.17, 15) is 5.11 Å². The monoisotopic (exact) mass is 289 g/mol. The molecule has 0 amide bonds. The molecule has 2 aromatic rings. The number of hydrogen-bond acceptors (Lipinski definition) is 5. The minimum Gasteiger partial charge on any atom is -0.387 e. The average molecular weight is 289 g/mol. The lowest BCUT2D eigenvalue weighted by Crippen LogP contribution is -2.21. The number of aliphatic hydroxyl groups is 1. The largest absolute Gasteiger partial charge is 0.387 e. The van der Waals surface area contributed by atoms with Crippen LogP contribution in [0.1, 0.15) is 24.2 Å². The van der Waals surface area contributed by atoms with Crippen LogP contribution < -0.4 is 5.32 Å². The number of hydrogen-bond donors (Lipinski definition) is 2. The molecule has 0 saturated heterocycles. The molecule has 1 aromatic heterocycles. The predicted octanol–water partition coefficient (Wildman–Crippen LogP) is 2.41. The van der Waals surface area contributed by atoms with Crippen LogP contribution in [-0.4, -0.2) is 27.4 Å². The molecule has 1 aromatic carbocycles. The van der Waals surface area contributed by atoms with Gasteiger partial charge < -0.3 is 10.4 Å². The molecule has 0 saturated carbocycles. The molecule has 1 atom stereocenters. The van der Waals surface area contributed by atoms with Crippen LogP contribution in [0.15, 0.2) is 47.9 Å². The van der Waals surface area contributed by atoms with Crippen molar-refractivity contribution in [1.29, 1.82) is 0 Å². The zero-order valence-corrected chi connectivity index (χ0v) is 12.3. The second-order valence-electron chi connectivity index (χ2n) is 4.36. The van der Waals surface area contributed by atoms with E-state index in [4.69, 9.17) is 0 Å². The third-order valence-corrected chi connectivity index (χ3v) is 3.56.